The minimum absolute atomic E-state index is 0.0461. The van der Waals surface area contributed by atoms with Gasteiger partial charge in [0.1, 0.15) is 0 Å². The Hall–Kier alpha value is -2.40. The Balaban J connectivity index is 1.50. The Morgan fingerprint density at radius 3 is 2.83 bits per heavy atom. The van der Waals surface area contributed by atoms with Crippen LogP contribution in [0.5, 0.6) is 0 Å². The molecular weight excluding hydrogens is 290 g/mol. The first-order valence-corrected chi connectivity index (χ1v) is 7.88. The zero-order valence-corrected chi connectivity index (χ0v) is 13.0. The molecule has 3 rings (SSSR count). The minimum Gasteiger partial charge on any atom is -0.374 e. The van der Waals surface area contributed by atoms with E-state index in [0.29, 0.717) is 26.2 Å². The molecule has 5 heteroatoms. The fourth-order valence-electron chi connectivity index (χ4n) is 2.70. The van der Waals surface area contributed by atoms with Gasteiger partial charge in [-0.25, -0.2) is 4.79 Å². The van der Waals surface area contributed by atoms with E-state index in [1.54, 1.807) is 12.4 Å². The standard InChI is InChI=1S/C18H21N3O2/c22-18(20-13-16-7-4-8-19-12-16)21-9-10-23-17(14-21)11-15-5-2-1-3-6-15/h1-8,12,17H,9-11,13-14H2,(H,20,22)/t17-/m0/s1. The molecule has 1 aliphatic heterocycles. The number of nitrogens with one attached hydrogen (secondary N) is 1. The van der Waals surface area contributed by atoms with Crippen molar-refractivity contribution >= 4 is 6.03 Å². The average molecular weight is 311 g/mol. The summed E-state index contributed by atoms with van der Waals surface area (Å²) < 4.78 is 5.79. The second-order valence-electron chi connectivity index (χ2n) is 5.65. The molecule has 2 aromatic rings. The van der Waals surface area contributed by atoms with E-state index in [-0.39, 0.29) is 12.1 Å². The van der Waals surface area contributed by atoms with Crippen LogP contribution in [0.3, 0.4) is 0 Å². The van der Waals surface area contributed by atoms with Gasteiger partial charge >= 0.3 is 6.03 Å². The summed E-state index contributed by atoms with van der Waals surface area (Å²) in [5.41, 5.74) is 2.23. The quantitative estimate of drug-likeness (QED) is 0.942. The molecular formula is C18H21N3O2. The number of ether oxygens (including phenoxy) is 1. The first kappa shape index (κ1) is 15.5. The number of morpholine rings is 1. The van der Waals surface area contributed by atoms with Crippen molar-refractivity contribution in [1.29, 1.82) is 0 Å². The number of benzene rings is 1. The van der Waals surface area contributed by atoms with E-state index in [9.17, 15) is 4.79 Å². The molecule has 0 unspecified atom stereocenters. The van der Waals surface area contributed by atoms with Crippen molar-refractivity contribution in [2.24, 2.45) is 0 Å². The summed E-state index contributed by atoms with van der Waals surface area (Å²) in [5, 5.41) is 2.94. The summed E-state index contributed by atoms with van der Waals surface area (Å²) in [6.07, 6.45) is 4.36. The van der Waals surface area contributed by atoms with Crippen LogP contribution in [0.15, 0.2) is 54.9 Å². The van der Waals surface area contributed by atoms with E-state index in [1.807, 2.05) is 35.2 Å². The molecule has 2 amide bonds. The molecule has 1 saturated heterocycles. The molecule has 120 valence electrons. The minimum atomic E-state index is -0.0461. The predicted octanol–water partition coefficient (Wildman–Crippen LogP) is 2.23. The van der Waals surface area contributed by atoms with E-state index >= 15 is 0 Å². The van der Waals surface area contributed by atoms with Crippen LogP contribution in [0.4, 0.5) is 4.79 Å². The van der Waals surface area contributed by atoms with Gasteiger partial charge in [-0.2, -0.15) is 0 Å². The number of pyridine rings is 1. The van der Waals surface area contributed by atoms with Crippen molar-refractivity contribution in [2.45, 2.75) is 19.1 Å². The molecule has 1 atom stereocenters. The van der Waals surface area contributed by atoms with Crippen molar-refractivity contribution in [2.75, 3.05) is 19.7 Å². The second-order valence-corrected chi connectivity index (χ2v) is 5.65. The van der Waals surface area contributed by atoms with Gasteiger partial charge in [0.05, 0.1) is 12.7 Å². The number of nitrogens with zero attached hydrogens (tertiary/aromatic N) is 2. The van der Waals surface area contributed by atoms with Crippen LogP contribution in [0.25, 0.3) is 0 Å². The number of hydrogen-bond donors (Lipinski definition) is 1. The van der Waals surface area contributed by atoms with Crippen molar-refractivity contribution < 1.29 is 9.53 Å². The Morgan fingerprint density at radius 2 is 2.04 bits per heavy atom. The molecule has 1 aromatic carbocycles. The normalized spacial score (nSPS) is 17.7. The van der Waals surface area contributed by atoms with Gasteiger partial charge in [0.2, 0.25) is 0 Å². The number of amides is 2. The van der Waals surface area contributed by atoms with Gasteiger partial charge in [-0.15, -0.1) is 0 Å². The molecule has 2 heterocycles. The van der Waals surface area contributed by atoms with E-state index in [1.165, 1.54) is 5.56 Å². The Labute approximate surface area is 136 Å². The van der Waals surface area contributed by atoms with Gasteiger partial charge < -0.3 is 15.0 Å². The first-order chi connectivity index (χ1) is 11.3. The van der Waals surface area contributed by atoms with Crippen LogP contribution in [0, 0.1) is 0 Å². The molecule has 0 radical (unpaired) electrons. The first-order valence-electron chi connectivity index (χ1n) is 7.88. The summed E-state index contributed by atoms with van der Waals surface area (Å²) in [7, 11) is 0. The smallest absolute Gasteiger partial charge is 0.317 e. The van der Waals surface area contributed by atoms with Crippen molar-refractivity contribution in [1.82, 2.24) is 15.2 Å². The van der Waals surface area contributed by atoms with Crippen molar-refractivity contribution in [3.63, 3.8) is 0 Å². The van der Waals surface area contributed by atoms with Gasteiger partial charge in [-0.1, -0.05) is 36.4 Å². The summed E-state index contributed by atoms with van der Waals surface area (Å²) in [6.45, 7) is 2.32. The Morgan fingerprint density at radius 1 is 1.22 bits per heavy atom. The Kier molecular flexibility index (Phi) is 5.21. The third-order valence-electron chi connectivity index (χ3n) is 3.90. The largest absolute Gasteiger partial charge is 0.374 e. The van der Waals surface area contributed by atoms with Crippen molar-refractivity contribution in [3.05, 3.63) is 66.0 Å². The van der Waals surface area contributed by atoms with E-state index in [4.69, 9.17) is 4.74 Å². The maximum absolute atomic E-state index is 12.3. The summed E-state index contributed by atoms with van der Waals surface area (Å²) >= 11 is 0. The van der Waals surface area contributed by atoms with Crippen LogP contribution < -0.4 is 5.32 Å². The third kappa shape index (κ3) is 4.53. The van der Waals surface area contributed by atoms with Gasteiger partial charge in [-0.3, -0.25) is 4.98 Å². The zero-order chi connectivity index (χ0) is 15.9. The highest BCUT2D eigenvalue weighted by molar-refractivity contribution is 5.74. The molecule has 1 N–H and O–H groups in total. The molecule has 1 aliphatic rings. The number of carbonyl (C=O) groups excluding carboxylic acids is 1. The fourth-order valence-corrected chi connectivity index (χ4v) is 2.70. The highest BCUT2D eigenvalue weighted by Gasteiger charge is 2.24. The topological polar surface area (TPSA) is 54.5 Å². The Bertz CT molecular complexity index is 619. The van der Waals surface area contributed by atoms with Gasteiger partial charge in [0.25, 0.3) is 0 Å². The lowest BCUT2D eigenvalue weighted by Crippen LogP contribution is -2.50. The molecule has 0 spiro atoms. The SMILES string of the molecule is O=C(NCc1cccnc1)N1CCO[C@@H](Cc2ccccc2)C1. The number of carbonyl (C=O) groups is 1. The zero-order valence-electron chi connectivity index (χ0n) is 13.0. The maximum atomic E-state index is 12.3. The van der Waals surface area contributed by atoms with Gasteiger partial charge in [0.15, 0.2) is 0 Å². The molecule has 0 bridgehead atoms. The summed E-state index contributed by atoms with van der Waals surface area (Å²) in [6, 6.07) is 14.0. The number of hydrogen-bond acceptors (Lipinski definition) is 3. The molecule has 5 nitrogen and oxygen atoms in total. The molecule has 1 fully saturated rings. The average Bonchev–Trinajstić information content (AvgIpc) is 2.62. The van der Waals surface area contributed by atoms with E-state index < -0.39 is 0 Å². The lowest BCUT2D eigenvalue weighted by atomic mass is 10.1. The molecule has 1 aromatic heterocycles. The van der Waals surface area contributed by atoms with E-state index in [0.717, 1.165) is 12.0 Å². The summed E-state index contributed by atoms with van der Waals surface area (Å²) in [5.74, 6) is 0. The van der Waals surface area contributed by atoms with Crippen LogP contribution in [0.2, 0.25) is 0 Å². The third-order valence-corrected chi connectivity index (χ3v) is 3.90. The maximum Gasteiger partial charge on any atom is 0.317 e. The number of rotatable bonds is 4. The predicted molar refractivity (Wildman–Crippen MR) is 87.9 cm³/mol. The molecule has 0 saturated carbocycles. The monoisotopic (exact) mass is 311 g/mol. The van der Waals surface area contributed by atoms with Gasteiger partial charge in [-0.05, 0) is 17.2 Å². The highest BCUT2D eigenvalue weighted by atomic mass is 16.5. The molecule has 23 heavy (non-hydrogen) atoms. The highest BCUT2D eigenvalue weighted by Crippen LogP contribution is 2.12. The lowest BCUT2D eigenvalue weighted by molar-refractivity contribution is -0.0133. The lowest BCUT2D eigenvalue weighted by Gasteiger charge is -2.33. The molecule has 0 aliphatic carbocycles. The van der Waals surface area contributed by atoms with Crippen LogP contribution >= 0.6 is 0 Å². The number of aromatic nitrogens is 1. The van der Waals surface area contributed by atoms with Crippen LogP contribution in [-0.2, 0) is 17.7 Å². The van der Waals surface area contributed by atoms with Gasteiger partial charge in [0, 0.05) is 38.4 Å². The second kappa shape index (κ2) is 7.74. The van der Waals surface area contributed by atoms with Crippen molar-refractivity contribution in [3.8, 4) is 0 Å². The number of urea groups is 1. The fraction of sp³-hybridized carbons (Fsp3) is 0.333. The summed E-state index contributed by atoms with van der Waals surface area (Å²) in [4.78, 5) is 18.2. The van der Waals surface area contributed by atoms with Crippen LogP contribution in [-0.4, -0.2) is 41.7 Å². The van der Waals surface area contributed by atoms with E-state index in [2.05, 4.69) is 22.4 Å². The van der Waals surface area contributed by atoms with Crippen LogP contribution in [0.1, 0.15) is 11.1 Å².